The third-order valence-electron chi connectivity index (χ3n) is 10.6. The highest BCUT2D eigenvalue weighted by atomic mass is 16.3. The zero-order valence-electron chi connectivity index (χ0n) is 20.3. The smallest absolute Gasteiger partial charge is 0.171 e. The Morgan fingerprint density at radius 3 is 2.61 bits per heavy atom. The molecular weight excluding hydrogens is 384 g/mol. The van der Waals surface area contributed by atoms with E-state index in [1.807, 2.05) is 11.7 Å². The molecule has 5 rings (SSSR count). The summed E-state index contributed by atoms with van der Waals surface area (Å²) in [7, 11) is 0. The number of nitrogens with zero attached hydrogens (tertiary/aromatic N) is 4. The molecule has 1 N–H and O–H groups in total. The van der Waals surface area contributed by atoms with Gasteiger partial charge >= 0.3 is 0 Å². The molecular formula is C26H44N4O. The van der Waals surface area contributed by atoms with Gasteiger partial charge in [0.2, 0.25) is 0 Å². The molecule has 0 saturated heterocycles. The standard InChI is InChI=1S/C26H44N4O/c1-5-12-26(31)14-11-20-19(15-26)6-7-22-21(20)10-13-25(4)23(8-9-24(22)25)17(2)16-30-28-18(3)27-29-30/h17,19-24,31H,5-16H2,1-4H3/t17-,19?,20?,21?,22?,23?,24?,25?,26?/m0/s1. The molecule has 1 aromatic heterocycles. The number of fused-ring (bicyclic) bond motifs is 5. The van der Waals surface area contributed by atoms with Crippen LogP contribution in [-0.4, -0.2) is 30.9 Å². The molecule has 4 aliphatic rings. The summed E-state index contributed by atoms with van der Waals surface area (Å²) in [4.78, 5) is 1.83. The molecule has 0 amide bonds. The van der Waals surface area contributed by atoms with Gasteiger partial charge in [0.15, 0.2) is 5.82 Å². The van der Waals surface area contributed by atoms with E-state index >= 15 is 0 Å². The Morgan fingerprint density at radius 2 is 1.87 bits per heavy atom. The number of hydrogen-bond acceptors (Lipinski definition) is 4. The highest BCUT2D eigenvalue weighted by Crippen LogP contribution is 2.65. The fourth-order valence-electron chi connectivity index (χ4n) is 9.42. The highest BCUT2D eigenvalue weighted by Gasteiger charge is 2.58. The fourth-order valence-corrected chi connectivity index (χ4v) is 9.42. The van der Waals surface area contributed by atoms with Crippen molar-refractivity contribution >= 4 is 0 Å². The molecule has 0 radical (unpaired) electrons. The number of hydrogen-bond donors (Lipinski definition) is 1. The van der Waals surface area contributed by atoms with E-state index in [1.54, 1.807) is 0 Å². The monoisotopic (exact) mass is 428 g/mol. The van der Waals surface area contributed by atoms with Gasteiger partial charge < -0.3 is 5.11 Å². The molecule has 4 aliphatic carbocycles. The van der Waals surface area contributed by atoms with Gasteiger partial charge in [-0.1, -0.05) is 27.2 Å². The van der Waals surface area contributed by atoms with Crippen molar-refractivity contribution in [1.29, 1.82) is 0 Å². The van der Waals surface area contributed by atoms with Crippen LogP contribution >= 0.6 is 0 Å². The van der Waals surface area contributed by atoms with Crippen LogP contribution in [0.2, 0.25) is 0 Å². The zero-order chi connectivity index (χ0) is 21.8. The molecule has 5 nitrogen and oxygen atoms in total. The van der Waals surface area contributed by atoms with Gasteiger partial charge in [-0.15, -0.1) is 10.2 Å². The van der Waals surface area contributed by atoms with Crippen molar-refractivity contribution in [3.63, 3.8) is 0 Å². The van der Waals surface area contributed by atoms with E-state index in [0.717, 1.165) is 73.6 Å². The van der Waals surface area contributed by atoms with Crippen LogP contribution in [0, 0.1) is 53.8 Å². The van der Waals surface area contributed by atoms with Gasteiger partial charge in [0.1, 0.15) is 0 Å². The van der Waals surface area contributed by atoms with Gasteiger partial charge in [0.05, 0.1) is 12.1 Å². The van der Waals surface area contributed by atoms with Crippen molar-refractivity contribution in [3.05, 3.63) is 5.82 Å². The van der Waals surface area contributed by atoms with E-state index in [9.17, 15) is 5.11 Å². The largest absolute Gasteiger partial charge is 0.390 e. The van der Waals surface area contributed by atoms with Crippen LogP contribution in [0.15, 0.2) is 0 Å². The molecule has 31 heavy (non-hydrogen) atoms. The number of aryl methyl sites for hydroxylation is 1. The molecule has 174 valence electrons. The molecule has 5 heteroatoms. The summed E-state index contributed by atoms with van der Waals surface area (Å²) in [6.07, 6.45) is 14.0. The molecule has 1 aromatic rings. The van der Waals surface area contributed by atoms with Gasteiger partial charge in [-0.2, -0.15) is 4.80 Å². The average molecular weight is 429 g/mol. The number of aliphatic hydroxyl groups is 1. The SMILES string of the molecule is CCCC1(O)CCC2C(CCC3C2CCC2(C)C3CCC2[C@@H](C)Cn2nnc(C)n2)C1. The van der Waals surface area contributed by atoms with Crippen molar-refractivity contribution < 1.29 is 5.11 Å². The van der Waals surface area contributed by atoms with Crippen molar-refractivity contribution in [3.8, 4) is 0 Å². The molecule has 0 aliphatic heterocycles. The summed E-state index contributed by atoms with van der Waals surface area (Å²) in [5.41, 5.74) is 0.133. The summed E-state index contributed by atoms with van der Waals surface area (Å²) in [6, 6.07) is 0. The lowest BCUT2D eigenvalue weighted by molar-refractivity contribution is -0.110. The van der Waals surface area contributed by atoms with Crippen molar-refractivity contribution in [2.24, 2.45) is 46.8 Å². The van der Waals surface area contributed by atoms with E-state index in [2.05, 4.69) is 36.2 Å². The van der Waals surface area contributed by atoms with Crippen LogP contribution in [-0.2, 0) is 6.54 Å². The maximum absolute atomic E-state index is 11.1. The Kier molecular flexibility index (Phi) is 5.72. The van der Waals surface area contributed by atoms with Gasteiger partial charge in [-0.05, 0) is 123 Å². The molecule has 0 aromatic carbocycles. The second-order valence-corrected chi connectivity index (χ2v) is 12.2. The van der Waals surface area contributed by atoms with Crippen LogP contribution in [0.1, 0.15) is 97.2 Å². The number of rotatable bonds is 5. The minimum atomic E-state index is -0.354. The van der Waals surface area contributed by atoms with E-state index in [-0.39, 0.29) is 5.60 Å². The minimum Gasteiger partial charge on any atom is -0.390 e. The third-order valence-corrected chi connectivity index (χ3v) is 10.6. The number of tetrazole rings is 1. The first-order chi connectivity index (χ1) is 14.8. The van der Waals surface area contributed by atoms with Crippen LogP contribution in [0.4, 0.5) is 0 Å². The zero-order valence-corrected chi connectivity index (χ0v) is 20.3. The molecule has 9 atom stereocenters. The van der Waals surface area contributed by atoms with Crippen LogP contribution < -0.4 is 0 Å². The average Bonchev–Trinajstić information content (AvgIpc) is 3.29. The predicted octanol–water partition coefficient (Wildman–Crippen LogP) is 5.42. The van der Waals surface area contributed by atoms with Crippen molar-refractivity contribution in [2.75, 3.05) is 0 Å². The van der Waals surface area contributed by atoms with Crippen LogP contribution in [0.3, 0.4) is 0 Å². The lowest BCUT2D eigenvalue weighted by Crippen LogP contribution is -2.51. The molecule has 0 spiro atoms. The summed E-state index contributed by atoms with van der Waals surface area (Å²) in [5, 5.41) is 23.9. The molecule has 4 fully saturated rings. The van der Waals surface area contributed by atoms with Crippen LogP contribution in [0.25, 0.3) is 0 Å². The number of aromatic nitrogens is 4. The minimum absolute atomic E-state index is 0.354. The topological polar surface area (TPSA) is 63.8 Å². The first-order valence-electron chi connectivity index (χ1n) is 13.3. The second-order valence-electron chi connectivity index (χ2n) is 12.2. The van der Waals surface area contributed by atoms with E-state index in [1.165, 1.54) is 44.9 Å². The van der Waals surface area contributed by atoms with Gasteiger partial charge in [0, 0.05) is 0 Å². The summed E-state index contributed by atoms with van der Waals surface area (Å²) in [6.45, 7) is 10.1. The van der Waals surface area contributed by atoms with Crippen molar-refractivity contribution in [1.82, 2.24) is 20.2 Å². The second kappa shape index (κ2) is 8.11. The fraction of sp³-hybridized carbons (Fsp3) is 0.962. The Bertz CT molecular complexity index is 779. The predicted molar refractivity (Wildman–Crippen MR) is 122 cm³/mol. The normalized spacial score (nSPS) is 45.6. The maximum Gasteiger partial charge on any atom is 0.171 e. The maximum atomic E-state index is 11.1. The van der Waals surface area contributed by atoms with Gasteiger partial charge in [-0.25, -0.2) is 0 Å². The van der Waals surface area contributed by atoms with E-state index in [0.29, 0.717) is 11.3 Å². The Balaban J connectivity index is 1.28. The van der Waals surface area contributed by atoms with Gasteiger partial charge in [-0.3, -0.25) is 0 Å². The summed E-state index contributed by atoms with van der Waals surface area (Å²) >= 11 is 0. The Morgan fingerprint density at radius 1 is 1.06 bits per heavy atom. The lowest BCUT2D eigenvalue weighted by Gasteiger charge is -2.57. The van der Waals surface area contributed by atoms with E-state index in [4.69, 9.17) is 0 Å². The van der Waals surface area contributed by atoms with Crippen LogP contribution in [0.5, 0.6) is 0 Å². The first-order valence-corrected chi connectivity index (χ1v) is 13.3. The van der Waals surface area contributed by atoms with Gasteiger partial charge in [0.25, 0.3) is 0 Å². The molecule has 8 unspecified atom stereocenters. The van der Waals surface area contributed by atoms with E-state index < -0.39 is 0 Å². The summed E-state index contributed by atoms with van der Waals surface area (Å²) in [5.74, 6) is 6.60. The highest BCUT2D eigenvalue weighted by molar-refractivity contribution is 5.07. The Hall–Kier alpha value is -0.970. The third kappa shape index (κ3) is 3.77. The lowest BCUT2D eigenvalue weighted by atomic mass is 9.48. The molecule has 0 bridgehead atoms. The summed E-state index contributed by atoms with van der Waals surface area (Å²) < 4.78 is 0. The quantitative estimate of drug-likeness (QED) is 0.680. The Labute approximate surface area is 188 Å². The van der Waals surface area contributed by atoms with Crippen molar-refractivity contribution in [2.45, 2.75) is 110 Å². The molecule has 1 heterocycles. The molecule has 4 saturated carbocycles. The first kappa shape index (κ1) is 21.9.